The summed E-state index contributed by atoms with van der Waals surface area (Å²) in [5, 5.41) is 0. The Bertz CT molecular complexity index is 399. The Balaban J connectivity index is 1.87. The van der Waals surface area contributed by atoms with Crippen LogP contribution in [-0.2, 0) is 0 Å². The minimum absolute atomic E-state index is 0.0520. The highest BCUT2D eigenvalue weighted by molar-refractivity contribution is 5.96. The zero-order valence-corrected chi connectivity index (χ0v) is 10.5. The smallest absolute Gasteiger partial charge is 0.163 e. The highest BCUT2D eigenvalue weighted by Crippen LogP contribution is 2.25. The fraction of sp³-hybridized carbons (Fsp3) is 0.500. The van der Waals surface area contributed by atoms with Crippen LogP contribution in [0.2, 0.25) is 0 Å². The lowest BCUT2D eigenvalue weighted by atomic mass is 10.1. The van der Waals surface area contributed by atoms with Gasteiger partial charge in [0.25, 0.3) is 0 Å². The Hall–Kier alpha value is -1.35. The van der Waals surface area contributed by atoms with E-state index in [2.05, 4.69) is 11.9 Å². The molecule has 0 amide bonds. The zero-order valence-electron chi connectivity index (χ0n) is 10.5. The number of nitrogens with zero attached hydrogens (tertiary/aromatic N) is 1. The van der Waals surface area contributed by atoms with Gasteiger partial charge in [-0.3, -0.25) is 4.79 Å². The van der Waals surface area contributed by atoms with E-state index in [0.29, 0.717) is 17.9 Å². The lowest BCUT2D eigenvalue weighted by molar-refractivity contribution is 0.101. The number of hydrogen-bond donors (Lipinski definition) is 0. The molecule has 0 saturated heterocycles. The van der Waals surface area contributed by atoms with E-state index in [-0.39, 0.29) is 5.78 Å². The first-order valence-corrected chi connectivity index (χ1v) is 6.11. The highest BCUT2D eigenvalue weighted by atomic mass is 16.5. The van der Waals surface area contributed by atoms with Crippen molar-refractivity contribution >= 4 is 5.78 Å². The first-order valence-electron chi connectivity index (χ1n) is 6.11. The van der Waals surface area contributed by atoms with Crippen LogP contribution in [0.4, 0.5) is 0 Å². The van der Waals surface area contributed by atoms with Crippen LogP contribution in [0.5, 0.6) is 5.75 Å². The molecule has 1 aromatic carbocycles. The third kappa shape index (κ3) is 3.30. The second-order valence-corrected chi connectivity index (χ2v) is 4.61. The van der Waals surface area contributed by atoms with E-state index in [0.717, 1.165) is 12.6 Å². The maximum atomic E-state index is 11.4. The van der Waals surface area contributed by atoms with Crippen molar-refractivity contribution in [1.82, 2.24) is 4.90 Å². The third-order valence-electron chi connectivity index (χ3n) is 3.14. The maximum Gasteiger partial charge on any atom is 0.163 e. The Morgan fingerprint density at radius 1 is 1.41 bits per heavy atom. The van der Waals surface area contributed by atoms with Crippen molar-refractivity contribution in [3.05, 3.63) is 29.8 Å². The summed E-state index contributed by atoms with van der Waals surface area (Å²) >= 11 is 0. The van der Waals surface area contributed by atoms with Gasteiger partial charge in [0.2, 0.25) is 0 Å². The van der Waals surface area contributed by atoms with Crippen molar-refractivity contribution in [1.29, 1.82) is 0 Å². The van der Waals surface area contributed by atoms with Crippen LogP contribution in [0.25, 0.3) is 0 Å². The van der Waals surface area contributed by atoms with Crippen LogP contribution in [0.15, 0.2) is 24.3 Å². The molecule has 0 spiro atoms. The quantitative estimate of drug-likeness (QED) is 0.706. The van der Waals surface area contributed by atoms with E-state index in [1.54, 1.807) is 6.92 Å². The van der Waals surface area contributed by atoms with E-state index in [4.69, 9.17) is 4.74 Å². The van der Waals surface area contributed by atoms with Gasteiger partial charge in [-0.2, -0.15) is 0 Å². The van der Waals surface area contributed by atoms with Gasteiger partial charge in [0.1, 0.15) is 12.4 Å². The second kappa shape index (κ2) is 5.32. The summed E-state index contributed by atoms with van der Waals surface area (Å²) in [6.07, 6.45) is 2.61. The minimum atomic E-state index is 0.0520. The molecule has 92 valence electrons. The summed E-state index contributed by atoms with van der Waals surface area (Å²) in [6, 6.07) is 8.17. The fourth-order valence-corrected chi connectivity index (χ4v) is 1.88. The Morgan fingerprint density at radius 3 is 2.76 bits per heavy atom. The second-order valence-electron chi connectivity index (χ2n) is 4.61. The Kier molecular flexibility index (Phi) is 3.79. The lowest BCUT2D eigenvalue weighted by Crippen LogP contribution is -2.26. The molecule has 1 aliphatic carbocycles. The highest BCUT2D eigenvalue weighted by Gasteiger charge is 2.25. The van der Waals surface area contributed by atoms with Gasteiger partial charge >= 0.3 is 0 Å². The van der Waals surface area contributed by atoms with Crippen molar-refractivity contribution in [2.45, 2.75) is 25.8 Å². The van der Waals surface area contributed by atoms with Crippen molar-refractivity contribution in [3.8, 4) is 5.75 Å². The number of ether oxygens (including phenoxy) is 1. The topological polar surface area (TPSA) is 29.5 Å². The average molecular weight is 233 g/mol. The van der Waals surface area contributed by atoms with Crippen LogP contribution < -0.4 is 4.74 Å². The largest absolute Gasteiger partial charge is 0.491 e. The van der Waals surface area contributed by atoms with E-state index >= 15 is 0 Å². The molecule has 0 heterocycles. The van der Waals surface area contributed by atoms with Gasteiger partial charge in [0, 0.05) is 12.6 Å². The number of benzene rings is 1. The van der Waals surface area contributed by atoms with Crippen LogP contribution in [-0.4, -0.2) is 36.9 Å². The number of rotatable bonds is 6. The number of carbonyl (C=O) groups is 1. The molecule has 17 heavy (non-hydrogen) atoms. The molecule has 1 saturated carbocycles. The molecule has 3 nitrogen and oxygen atoms in total. The molecule has 3 heteroatoms. The summed E-state index contributed by atoms with van der Waals surface area (Å²) < 4.78 is 5.68. The van der Waals surface area contributed by atoms with Gasteiger partial charge in [0.15, 0.2) is 5.78 Å². The van der Waals surface area contributed by atoms with E-state index in [1.807, 2.05) is 24.3 Å². The van der Waals surface area contributed by atoms with E-state index in [9.17, 15) is 4.79 Å². The van der Waals surface area contributed by atoms with Crippen LogP contribution >= 0.6 is 0 Å². The summed E-state index contributed by atoms with van der Waals surface area (Å²) in [7, 11) is 2.12. The molecule has 0 radical (unpaired) electrons. The minimum Gasteiger partial charge on any atom is -0.491 e. The lowest BCUT2D eigenvalue weighted by Gasteiger charge is -2.16. The molecule has 1 aliphatic rings. The van der Waals surface area contributed by atoms with Crippen molar-refractivity contribution in [2.24, 2.45) is 0 Å². The molecule has 0 aromatic heterocycles. The molecule has 0 atom stereocenters. The van der Waals surface area contributed by atoms with Crippen LogP contribution in [0.3, 0.4) is 0 Å². The van der Waals surface area contributed by atoms with E-state index < -0.39 is 0 Å². The predicted octanol–water partition coefficient (Wildman–Crippen LogP) is 2.36. The number of carbonyl (C=O) groups excluding carboxylic acids is 1. The standard InChI is InChI=1S/C14H19NO2/c1-11(16)13-5-3-4-6-14(13)17-10-9-15(2)12-7-8-12/h3-6,12H,7-10H2,1-2H3. The number of likely N-dealkylation sites (N-methyl/N-ethyl adjacent to an activating group) is 1. The number of Topliss-reactive ketones (excluding diaryl/α,β-unsaturated/α-hetero) is 1. The molecule has 0 unspecified atom stereocenters. The van der Waals surface area contributed by atoms with Gasteiger partial charge < -0.3 is 9.64 Å². The monoisotopic (exact) mass is 233 g/mol. The van der Waals surface area contributed by atoms with Gasteiger partial charge in [-0.15, -0.1) is 0 Å². The summed E-state index contributed by atoms with van der Waals surface area (Å²) in [5.41, 5.74) is 0.668. The Labute approximate surface area is 102 Å². The molecule has 0 aliphatic heterocycles. The predicted molar refractivity (Wildman–Crippen MR) is 67.6 cm³/mol. The number of ketones is 1. The van der Waals surface area contributed by atoms with Crippen molar-refractivity contribution < 1.29 is 9.53 Å². The first-order chi connectivity index (χ1) is 8.18. The molecule has 1 aromatic rings. The van der Waals surface area contributed by atoms with Gasteiger partial charge in [0.05, 0.1) is 5.56 Å². The SMILES string of the molecule is CC(=O)c1ccccc1OCCN(C)C1CC1. The van der Waals surface area contributed by atoms with Gasteiger partial charge in [-0.25, -0.2) is 0 Å². The first kappa shape index (κ1) is 12.1. The molecule has 2 rings (SSSR count). The average Bonchev–Trinajstić information content (AvgIpc) is 3.13. The summed E-state index contributed by atoms with van der Waals surface area (Å²) in [5.74, 6) is 0.750. The van der Waals surface area contributed by atoms with Crippen molar-refractivity contribution in [2.75, 3.05) is 20.2 Å². The summed E-state index contributed by atoms with van der Waals surface area (Å²) in [4.78, 5) is 13.7. The molecular weight excluding hydrogens is 214 g/mol. The maximum absolute atomic E-state index is 11.4. The van der Waals surface area contributed by atoms with Crippen molar-refractivity contribution in [3.63, 3.8) is 0 Å². The third-order valence-corrected chi connectivity index (χ3v) is 3.14. The number of para-hydroxylation sites is 1. The molecule has 1 fully saturated rings. The molecule has 0 bridgehead atoms. The molecule has 0 N–H and O–H groups in total. The van der Waals surface area contributed by atoms with Gasteiger partial charge in [-0.1, -0.05) is 12.1 Å². The normalized spacial score (nSPS) is 15.0. The number of hydrogen-bond acceptors (Lipinski definition) is 3. The summed E-state index contributed by atoms with van der Waals surface area (Å²) in [6.45, 7) is 3.12. The van der Waals surface area contributed by atoms with E-state index in [1.165, 1.54) is 12.8 Å². The molecular formula is C14H19NO2. The Morgan fingerprint density at radius 2 is 2.12 bits per heavy atom. The zero-order chi connectivity index (χ0) is 12.3. The van der Waals surface area contributed by atoms with Crippen LogP contribution in [0, 0.1) is 0 Å². The fourth-order valence-electron chi connectivity index (χ4n) is 1.88. The van der Waals surface area contributed by atoms with Gasteiger partial charge in [-0.05, 0) is 38.9 Å². The van der Waals surface area contributed by atoms with Crippen LogP contribution in [0.1, 0.15) is 30.1 Å².